The molecule has 0 aliphatic carbocycles. The highest BCUT2D eigenvalue weighted by atomic mass is 32.2. The van der Waals surface area contributed by atoms with Crippen LogP contribution in [0.5, 0.6) is 0 Å². The number of rotatable bonds is 6. The Hall–Kier alpha value is -2.84. The van der Waals surface area contributed by atoms with Gasteiger partial charge >= 0.3 is 5.97 Å². The Morgan fingerprint density at radius 1 is 1.14 bits per heavy atom. The van der Waals surface area contributed by atoms with Crippen LogP contribution in [0, 0.1) is 0 Å². The standard InChI is InChI=1S/C20H16N4O2S2/c1-2-26-17(25)10-14-12-27-20(22-14)28-19-15-7-3-4-8-16(15)23-18(24-19)13-6-5-9-21-11-13/h3-9,11-12H,2,10H2,1H3. The lowest BCUT2D eigenvalue weighted by molar-refractivity contribution is -0.142. The normalized spacial score (nSPS) is 10.9. The molecule has 8 heteroatoms. The number of ether oxygens (including phenoxy) is 1. The van der Waals surface area contributed by atoms with Crippen molar-refractivity contribution < 1.29 is 9.53 Å². The van der Waals surface area contributed by atoms with Crippen molar-refractivity contribution in [2.45, 2.75) is 22.7 Å². The van der Waals surface area contributed by atoms with Gasteiger partial charge in [-0.05, 0) is 36.9 Å². The van der Waals surface area contributed by atoms with Crippen molar-refractivity contribution in [1.29, 1.82) is 0 Å². The summed E-state index contributed by atoms with van der Waals surface area (Å²) in [5, 5.41) is 3.66. The molecule has 0 atom stereocenters. The predicted octanol–water partition coefficient (Wildman–Crippen LogP) is 4.41. The second-order valence-corrected chi connectivity index (χ2v) is 7.89. The average molecular weight is 409 g/mol. The molecule has 0 radical (unpaired) electrons. The lowest BCUT2D eigenvalue weighted by Gasteiger charge is -2.07. The van der Waals surface area contributed by atoms with E-state index in [1.807, 2.05) is 41.8 Å². The van der Waals surface area contributed by atoms with Gasteiger partial charge in [0.1, 0.15) is 5.03 Å². The molecule has 0 aliphatic rings. The lowest BCUT2D eigenvalue weighted by atomic mass is 10.2. The van der Waals surface area contributed by atoms with Gasteiger partial charge < -0.3 is 4.74 Å². The van der Waals surface area contributed by atoms with E-state index in [9.17, 15) is 4.79 Å². The minimum absolute atomic E-state index is 0.177. The summed E-state index contributed by atoms with van der Waals surface area (Å²) in [5.74, 6) is 0.355. The molecule has 0 unspecified atom stereocenters. The van der Waals surface area contributed by atoms with Crippen LogP contribution in [0.2, 0.25) is 0 Å². The second kappa shape index (κ2) is 8.45. The molecule has 0 aliphatic heterocycles. The number of hydrogen-bond donors (Lipinski definition) is 0. The van der Waals surface area contributed by atoms with Crippen LogP contribution in [0.3, 0.4) is 0 Å². The van der Waals surface area contributed by atoms with Crippen molar-refractivity contribution in [3.63, 3.8) is 0 Å². The summed E-state index contributed by atoms with van der Waals surface area (Å²) in [6, 6.07) is 11.7. The van der Waals surface area contributed by atoms with Crippen molar-refractivity contribution in [2.75, 3.05) is 6.61 Å². The summed E-state index contributed by atoms with van der Waals surface area (Å²) in [7, 11) is 0. The van der Waals surface area contributed by atoms with Crippen LogP contribution in [0.4, 0.5) is 0 Å². The maximum atomic E-state index is 11.7. The zero-order valence-electron chi connectivity index (χ0n) is 15.0. The molecule has 0 amide bonds. The summed E-state index contributed by atoms with van der Waals surface area (Å²) < 4.78 is 5.81. The van der Waals surface area contributed by atoms with Gasteiger partial charge in [0.15, 0.2) is 10.2 Å². The van der Waals surface area contributed by atoms with E-state index in [1.54, 1.807) is 19.3 Å². The average Bonchev–Trinajstić information content (AvgIpc) is 3.15. The van der Waals surface area contributed by atoms with Crippen molar-refractivity contribution in [3.05, 3.63) is 59.9 Å². The first kappa shape index (κ1) is 18.5. The van der Waals surface area contributed by atoms with Crippen LogP contribution in [0.25, 0.3) is 22.3 Å². The number of nitrogens with zero attached hydrogens (tertiary/aromatic N) is 4. The fourth-order valence-electron chi connectivity index (χ4n) is 2.61. The Balaban J connectivity index is 1.67. The van der Waals surface area contributed by atoms with Crippen LogP contribution in [-0.2, 0) is 16.0 Å². The van der Waals surface area contributed by atoms with Gasteiger partial charge in [-0.3, -0.25) is 9.78 Å². The Kier molecular flexibility index (Phi) is 5.59. The number of carbonyl (C=O) groups is 1. The molecule has 4 rings (SSSR count). The van der Waals surface area contributed by atoms with Gasteiger partial charge in [0.25, 0.3) is 0 Å². The Bertz CT molecular complexity index is 1120. The molecule has 3 heterocycles. The van der Waals surface area contributed by atoms with Gasteiger partial charge in [0.2, 0.25) is 0 Å². The first-order valence-corrected chi connectivity index (χ1v) is 10.4. The molecule has 3 aromatic heterocycles. The van der Waals surface area contributed by atoms with E-state index in [-0.39, 0.29) is 12.4 Å². The van der Waals surface area contributed by atoms with E-state index in [1.165, 1.54) is 23.1 Å². The molecule has 6 nitrogen and oxygen atoms in total. The smallest absolute Gasteiger partial charge is 0.311 e. The number of pyridine rings is 1. The van der Waals surface area contributed by atoms with Crippen molar-refractivity contribution in [2.24, 2.45) is 0 Å². The van der Waals surface area contributed by atoms with E-state index in [2.05, 4.69) is 15.0 Å². The van der Waals surface area contributed by atoms with E-state index < -0.39 is 0 Å². The summed E-state index contributed by atoms with van der Waals surface area (Å²) >= 11 is 2.96. The minimum Gasteiger partial charge on any atom is -0.466 e. The molecule has 0 fully saturated rings. The molecule has 0 N–H and O–H groups in total. The number of benzene rings is 1. The van der Waals surface area contributed by atoms with Gasteiger partial charge in [-0.2, -0.15) is 0 Å². The zero-order valence-corrected chi connectivity index (χ0v) is 16.7. The van der Waals surface area contributed by atoms with Crippen molar-refractivity contribution >= 4 is 40.0 Å². The van der Waals surface area contributed by atoms with Crippen LogP contribution in [0.15, 0.2) is 63.5 Å². The summed E-state index contributed by atoms with van der Waals surface area (Å²) in [5.41, 5.74) is 2.43. The molecule has 28 heavy (non-hydrogen) atoms. The Labute approximate surface area is 170 Å². The molecule has 140 valence electrons. The van der Waals surface area contributed by atoms with Crippen LogP contribution < -0.4 is 0 Å². The lowest BCUT2D eigenvalue weighted by Crippen LogP contribution is -2.07. The predicted molar refractivity (Wildman–Crippen MR) is 109 cm³/mol. The van der Waals surface area contributed by atoms with Crippen LogP contribution >= 0.6 is 23.1 Å². The number of fused-ring (bicyclic) bond motifs is 1. The monoisotopic (exact) mass is 408 g/mol. The van der Waals surface area contributed by atoms with Crippen LogP contribution in [-0.4, -0.2) is 32.5 Å². The molecule has 1 aromatic carbocycles. The second-order valence-electron chi connectivity index (χ2n) is 5.80. The van der Waals surface area contributed by atoms with Gasteiger partial charge in [-0.15, -0.1) is 11.3 Å². The van der Waals surface area contributed by atoms with E-state index in [4.69, 9.17) is 9.72 Å². The van der Waals surface area contributed by atoms with Crippen LogP contribution in [0.1, 0.15) is 12.6 Å². The summed E-state index contributed by atoms with van der Waals surface area (Å²) in [4.78, 5) is 29.8. The molecular formula is C20H16N4O2S2. The molecular weight excluding hydrogens is 392 g/mol. The fraction of sp³-hybridized carbons (Fsp3) is 0.150. The number of esters is 1. The van der Waals surface area contributed by atoms with E-state index in [0.717, 1.165) is 25.8 Å². The maximum Gasteiger partial charge on any atom is 0.311 e. The number of para-hydroxylation sites is 1. The highest BCUT2D eigenvalue weighted by Gasteiger charge is 2.14. The first-order valence-electron chi connectivity index (χ1n) is 8.68. The molecule has 4 aromatic rings. The molecule has 0 saturated carbocycles. The number of carbonyl (C=O) groups excluding carboxylic acids is 1. The van der Waals surface area contributed by atoms with Gasteiger partial charge in [0, 0.05) is 28.7 Å². The Morgan fingerprint density at radius 3 is 2.86 bits per heavy atom. The van der Waals surface area contributed by atoms with E-state index in [0.29, 0.717) is 18.1 Å². The number of aromatic nitrogens is 4. The molecule has 0 bridgehead atoms. The highest BCUT2D eigenvalue weighted by Crippen LogP contribution is 2.34. The zero-order chi connectivity index (χ0) is 19.3. The topological polar surface area (TPSA) is 77.9 Å². The highest BCUT2D eigenvalue weighted by molar-refractivity contribution is 8.01. The third kappa shape index (κ3) is 4.18. The largest absolute Gasteiger partial charge is 0.466 e. The van der Waals surface area contributed by atoms with Crippen molar-refractivity contribution in [1.82, 2.24) is 19.9 Å². The Morgan fingerprint density at radius 2 is 2.04 bits per heavy atom. The first-order chi connectivity index (χ1) is 13.7. The molecule has 0 spiro atoms. The van der Waals surface area contributed by atoms with E-state index >= 15 is 0 Å². The quantitative estimate of drug-likeness (QED) is 0.345. The summed E-state index contributed by atoms with van der Waals surface area (Å²) in [6.07, 6.45) is 3.65. The third-order valence-electron chi connectivity index (χ3n) is 3.83. The molecule has 0 saturated heterocycles. The van der Waals surface area contributed by atoms with Gasteiger partial charge in [-0.25, -0.2) is 15.0 Å². The minimum atomic E-state index is -0.268. The third-order valence-corrected chi connectivity index (χ3v) is 5.83. The fourth-order valence-corrected chi connectivity index (χ4v) is 4.47. The maximum absolute atomic E-state index is 11.7. The van der Waals surface area contributed by atoms with Gasteiger partial charge in [-0.1, -0.05) is 18.2 Å². The number of hydrogen-bond acceptors (Lipinski definition) is 8. The van der Waals surface area contributed by atoms with Crippen molar-refractivity contribution in [3.8, 4) is 11.4 Å². The SMILES string of the molecule is CCOC(=O)Cc1csc(Sc2nc(-c3cccnc3)nc3ccccc23)n1. The number of thiazole rings is 1. The van der Waals surface area contributed by atoms with Gasteiger partial charge in [0.05, 0.1) is 24.2 Å². The summed E-state index contributed by atoms with van der Waals surface area (Å²) in [6.45, 7) is 2.16.